The quantitative estimate of drug-likeness (QED) is 0.371. The molecule has 0 aromatic heterocycles. The fourth-order valence-corrected chi connectivity index (χ4v) is 8.90. The number of fused-ring (bicyclic) bond motifs is 1. The SMILES string of the molecule is CCC(O)(CC(=O)OC1C(=O)O[C@@H]2C[C@H]3C(C)=CC(=O)C(O)[C@]3(C)[C@H]3C4(O)OC[C@]32[C@@H]1[C@@H](C)C4O)C(C)C. The van der Waals surface area contributed by atoms with E-state index in [1.54, 1.807) is 41.5 Å². The normalized spacial score (nSPS) is 49.0. The lowest BCUT2D eigenvalue weighted by Gasteiger charge is -2.68. The summed E-state index contributed by atoms with van der Waals surface area (Å²) in [5, 5.41) is 45.5. The summed E-state index contributed by atoms with van der Waals surface area (Å²) in [5.41, 5.74) is -3.00. The van der Waals surface area contributed by atoms with E-state index >= 15 is 0 Å². The molecule has 0 amide bonds. The second-order valence-corrected chi connectivity index (χ2v) is 12.9. The zero-order valence-corrected chi connectivity index (χ0v) is 22.8. The van der Waals surface area contributed by atoms with Crippen molar-refractivity contribution in [2.45, 2.75) is 96.6 Å². The molecule has 10 nitrogen and oxygen atoms in total. The van der Waals surface area contributed by atoms with Crippen molar-refractivity contribution in [3.63, 3.8) is 0 Å². The molecule has 0 radical (unpaired) electrons. The number of allylic oxidation sites excluding steroid dienone is 1. The van der Waals surface area contributed by atoms with Gasteiger partial charge in [0, 0.05) is 22.7 Å². The molecule has 4 fully saturated rings. The first-order valence-corrected chi connectivity index (χ1v) is 13.7. The second-order valence-electron chi connectivity index (χ2n) is 12.9. The molecule has 0 aromatic carbocycles. The predicted octanol–water partition coefficient (Wildman–Crippen LogP) is 0.875. The molecule has 0 aromatic rings. The van der Waals surface area contributed by atoms with E-state index < -0.39 is 88.0 Å². The van der Waals surface area contributed by atoms with E-state index in [9.17, 15) is 34.8 Å². The van der Waals surface area contributed by atoms with Gasteiger partial charge >= 0.3 is 11.9 Å². The maximum atomic E-state index is 13.4. The first-order chi connectivity index (χ1) is 17.6. The Morgan fingerprint density at radius 3 is 2.55 bits per heavy atom. The van der Waals surface area contributed by atoms with Crippen LogP contribution in [0.2, 0.25) is 0 Å². The summed E-state index contributed by atoms with van der Waals surface area (Å²) in [6, 6.07) is 0. The highest BCUT2D eigenvalue weighted by Gasteiger charge is 2.83. The van der Waals surface area contributed by atoms with Crippen LogP contribution in [0.25, 0.3) is 0 Å². The minimum atomic E-state index is -2.11. The van der Waals surface area contributed by atoms with E-state index in [0.29, 0.717) is 12.0 Å². The third kappa shape index (κ3) is 3.27. The highest BCUT2D eigenvalue weighted by molar-refractivity contribution is 5.96. The highest BCUT2D eigenvalue weighted by Crippen LogP contribution is 2.73. The van der Waals surface area contributed by atoms with Crippen molar-refractivity contribution in [3.8, 4) is 0 Å². The van der Waals surface area contributed by atoms with Gasteiger partial charge in [-0.05, 0) is 43.6 Å². The molecule has 10 heteroatoms. The molecule has 3 aliphatic carbocycles. The number of esters is 2. The third-order valence-corrected chi connectivity index (χ3v) is 11.0. The van der Waals surface area contributed by atoms with Crippen LogP contribution in [0.15, 0.2) is 11.6 Å². The van der Waals surface area contributed by atoms with Gasteiger partial charge in [-0.3, -0.25) is 9.59 Å². The van der Waals surface area contributed by atoms with E-state index in [1.165, 1.54) is 6.08 Å². The topological polar surface area (TPSA) is 160 Å². The number of rotatable bonds is 5. The van der Waals surface area contributed by atoms with Crippen molar-refractivity contribution in [3.05, 3.63) is 11.6 Å². The van der Waals surface area contributed by atoms with Gasteiger partial charge in [0.15, 0.2) is 11.6 Å². The zero-order chi connectivity index (χ0) is 28.2. The van der Waals surface area contributed by atoms with Gasteiger partial charge in [-0.1, -0.05) is 40.2 Å². The lowest BCUT2D eigenvalue weighted by Crippen LogP contribution is -2.78. The van der Waals surface area contributed by atoms with Crippen LogP contribution in [-0.4, -0.2) is 80.6 Å². The Labute approximate surface area is 222 Å². The van der Waals surface area contributed by atoms with Crippen LogP contribution in [0.1, 0.15) is 60.8 Å². The van der Waals surface area contributed by atoms with Crippen LogP contribution in [0.4, 0.5) is 0 Å². The maximum Gasteiger partial charge on any atom is 0.348 e. The summed E-state index contributed by atoms with van der Waals surface area (Å²) in [7, 11) is 0. The fraction of sp³-hybridized carbons (Fsp3) is 0.821. The largest absolute Gasteiger partial charge is 0.459 e. The highest BCUT2D eigenvalue weighted by atomic mass is 16.7. The van der Waals surface area contributed by atoms with Gasteiger partial charge in [-0.15, -0.1) is 0 Å². The lowest BCUT2D eigenvalue weighted by molar-refractivity contribution is -0.340. The molecule has 2 heterocycles. The summed E-state index contributed by atoms with van der Waals surface area (Å²) >= 11 is 0. The summed E-state index contributed by atoms with van der Waals surface area (Å²) < 4.78 is 17.7. The standard InChI is InChI=1S/C28H40O10/c1-7-26(34,12(2)3)10-18(30)38-20-19-14(5)21(31)28(35)24-25(6)15(13(4)8-16(29)22(25)32)9-17(37-23(20)33)27(19,24)11-36-28/h8,12,14-15,17,19-22,24,31-32,34-35H,7,9-11H2,1-6H3/t14-,15+,17-,19-,20?,21?,22?,24-,25-,26?,27+,28?/m1/s1. The summed E-state index contributed by atoms with van der Waals surface area (Å²) in [5.74, 6) is -7.37. The van der Waals surface area contributed by atoms with Crippen molar-refractivity contribution >= 4 is 17.7 Å². The number of ketones is 1. The van der Waals surface area contributed by atoms with Crippen LogP contribution >= 0.6 is 0 Å². The van der Waals surface area contributed by atoms with Gasteiger partial charge in [0.1, 0.15) is 18.3 Å². The number of aliphatic hydroxyl groups is 4. The Morgan fingerprint density at radius 1 is 1.29 bits per heavy atom. The minimum Gasteiger partial charge on any atom is -0.459 e. The fourth-order valence-electron chi connectivity index (χ4n) is 8.90. The van der Waals surface area contributed by atoms with Gasteiger partial charge in [0.05, 0.1) is 18.6 Å². The second kappa shape index (κ2) is 8.57. The van der Waals surface area contributed by atoms with Crippen molar-refractivity contribution in [2.75, 3.05) is 6.61 Å². The van der Waals surface area contributed by atoms with Crippen LogP contribution in [0.5, 0.6) is 0 Å². The van der Waals surface area contributed by atoms with Gasteiger partial charge < -0.3 is 34.6 Å². The molecule has 2 saturated heterocycles. The Morgan fingerprint density at radius 2 is 1.95 bits per heavy atom. The van der Waals surface area contributed by atoms with E-state index in [4.69, 9.17) is 14.2 Å². The zero-order valence-electron chi connectivity index (χ0n) is 22.8. The van der Waals surface area contributed by atoms with Crippen molar-refractivity contribution in [1.82, 2.24) is 0 Å². The van der Waals surface area contributed by atoms with E-state index in [-0.39, 0.29) is 25.4 Å². The molecule has 2 saturated carbocycles. The first kappa shape index (κ1) is 27.7. The average molecular weight is 537 g/mol. The molecule has 5 unspecified atom stereocenters. The van der Waals surface area contributed by atoms with E-state index in [0.717, 1.165) is 0 Å². The summed E-state index contributed by atoms with van der Waals surface area (Å²) in [4.78, 5) is 39.4. The average Bonchev–Trinajstić information content (AvgIpc) is 3.13. The van der Waals surface area contributed by atoms with Crippen LogP contribution in [-0.2, 0) is 28.6 Å². The Kier molecular flexibility index (Phi) is 6.25. The molecule has 1 spiro atoms. The number of carbonyl (C=O) groups is 3. The molecule has 5 rings (SSSR count). The molecular formula is C28H40O10. The maximum absolute atomic E-state index is 13.4. The predicted molar refractivity (Wildman–Crippen MR) is 131 cm³/mol. The van der Waals surface area contributed by atoms with Gasteiger partial charge in [0.25, 0.3) is 0 Å². The van der Waals surface area contributed by atoms with Crippen LogP contribution in [0, 0.1) is 40.4 Å². The molecule has 38 heavy (non-hydrogen) atoms. The number of carbonyl (C=O) groups excluding carboxylic acids is 3. The van der Waals surface area contributed by atoms with Crippen LogP contribution < -0.4 is 0 Å². The molecule has 12 atom stereocenters. The minimum absolute atomic E-state index is 0.108. The Bertz CT molecular complexity index is 1090. The molecule has 2 bridgehead atoms. The van der Waals surface area contributed by atoms with Gasteiger partial charge in [-0.2, -0.15) is 0 Å². The van der Waals surface area contributed by atoms with E-state index in [2.05, 4.69) is 0 Å². The van der Waals surface area contributed by atoms with Crippen LogP contribution in [0.3, 0.4) is 0 Å². The van der Waals surface area contributed by atoms with Crippen molar-refractivity contribution in [1.29, 1.82) is 0 Å². The monoisotopic (exact) mass is 536 g/mol. The smallest absolute Gasteiger partial charge is 0.348 e. The number of ether oxygens (including phenoxy) is 3. The van der Waals surface area contributed by atoms with Gasteiger partial charge in [-0.25, -0.2) is 4.79 Å². The van der Waals surface area contributed by atoms with Gasteiger partial charge in [0.2, 0.25) is 6.10 Å². The summed E-state index contributed by atoms with van der Waals surface area (Å²) in [6.45, 7) is 10.4. The van der Waals surface area contributed by atoms with E-state index in [1.807, 2.05) is 0 Å². The Hall–Kier alpha value is -1.85. The molecule has 212 valence electrons. The molecule has 2 aliphatic heterocycles. The number of hydrogen-bond donors (Lipinski definition) is 4. The Balaban J connectivity index is 1.60. The first-order valence-electron chi connectivity index (χ1n) is 13.7. The molecule has 4 N–H and O–H groups in total. The van der Waals surface area contributed by atoms with Crippen molar-refractivity contribution in [2.24, 2.45) is 40.4 Å². The van der Waals surface area contributed by atoms with Crippen molar-refractivity contribution < 1.29 is 49.0 Å². The summed E-state index contributed by atoms with van der Waals surface area (Å²) in [6.07, 6.45) is -3.49. The molecular weight excluding hydrogens is 496 g/mol. The lowest BCUT2D eigenvalue weighted by atomic mass is 9.38. The number of aliphatic hydroxyl groups excluding tert-OH is 2. The number of hydrogen-bond acceptors (Lipinski definition) is 10. The molecule has 5 aliphatic rings. The third-order valence-electron chi connectivity index (χ3n) is 11.0.